The van der Waals surface area contributed by atoms with Crippen LogP contribution in [-0.4, -0.2) is 56.0 Å². The molecule has 6 heteroatoms. The maximum absolute atomic E-state index is 12.3. The van der Waals surface area contributed by atoms with Gasteiger partial charge in [0, 0.05) is 19.0 Å². The highest BCUT2D eigenvalue weighted by atomic mass is 35.5. The fourth-order valence-corrected chi connectivity index (χ4v) is 3.20. The summed E-state index contributed by atoms with van der Waals surface area (Å²) in [5, 5.41) is 3.28. The zero-order valence-corrected chi connectivity index (χ0v) is 12.0. The third kappa shape index (κ3) is 3.40. The van der Waals surface area contributed by atoms with E-state index in [1.165, 1.54) is 0 Å². The van der Waals surface area contributed by atoms with Crippen molar-refractivity contribution in [2.24, 2.45) is 5.92 Å². The second-order valence-electron chi connectivity index (χ2n) is 5.45. The predicted octanol–water partition coefficient (Wildman–Crippen LogP) is 0.772. The smallest absolute Gasteiger partial charge is 0.239 e. The molecule has 3 fully saturated rings. The summed E-state index contributed by atoms with van der Waals surface area (Å²) < 4.78 is 11.1. The Bertz CT molecular complexity index is 304. The van der Waals surface area contributed by atoms with Gasteiger partial charge >= 0.3 is 0 Å². The summed E-state index contributed by atoms with van der Waals surface area (Å²) in [5.41, 5.74) is 0. The Morgan fingerprint density at radius 1 is 1.16 bits per heavy atom. The van der Waals surface area contributed by atoms with Crippen molar-refractivity contribution in [2.45, 2.75) is 38.0 Å². The van der Waals surface area contributed by atoms with Gasteiger partial charge in [-0.05, 0) is 32.2 Å². The molecule has 3 rings (SSSR count). The van der Waals surface area contributed by atoms with Gasteiger partial charge in [0.25, 0.3) is 0 Å². The molecule has 3 aliphatic heterocycles. The first-order valence-electron chi connectivity index (χ1n) is 7.10. The lowest BCUT2D eigenvalue weighted by molar-refractivity contribution is -0.141. The lowest BCUT2D eigenvalue weighted by Crippen LogP contribution is -2.49. The van der Waals surface area contributed by atoms with Crippen LogP contribution >= 0.6 is 12.4 Å². The normalized spacial score (nSPS) is 32.3. The number of nitrogens with zero attached hydrogens (tertiary/aromatic N) is 1. The molecule has 0 spiro atoms. The first-order chi connectivity index (χ1) is 8.84. The molecule has 0 aliphatic carbocycles. The highest BCUT2D eigenvalue weighted by Gasteiger charge is 2.35. The Morgan fingerprint density at radius 3 is 2.63 bits per heavy atom. The molecule has 2 atom stereocenters. The Morgan fingerprint density at radius 2 is 1.95 bits per heavy atom. The van der Waals surface area contributed by atoms with Crippen LogP contribution in [0.5, 0.6) is 0 Å². The molecule has 1 amide bonds. The monoisotopic (exact) mass is 290 g/mol. The number of carbonyl (C=O) groups excluding carboxylic acids is 1. The van der Waals surface area contributed by atoms with Gasteiger partial charge in [0.1, 0.15) is 0 Å². The number of carbonyl (C=O) groups is 1. The summed E-state index contributed by atoms with van der Waals surface area (Å²) >= 11 is 0. The minimum Gasteiger partial charge on any atom is -0.350 e. The zero-order chi connectivity index (χ0) is 12.4. The molecular weight excluding hydrogens is 268 g/mol. The van der Waals surface area contributed by atoms with E-state index >= 15 is 0 Å². The van der Waals surface area contributed by atoms with E-state index < -0.39 is 0 Å². The number of ether oxygens (including phenoxy) is 2. The van der Waals surface area contributed by atoms with E-state index in [0.717, 1.165) is 45.3 Å². The summed E-state index contributed by atoms with van der Waals surface area (Å²) in [5.74, 6) is 0.627. The fourth-order valence-electron chi connectivity index (χ4n) is 3.20. The maximum Gasteiger partial charge on any atom is 0.239 e. The molecule has 3 heterocycles. The molecule has 0 aromatic carbocycles. The van der Waals surface area contributed by atoms with Gasteiger partial charge in [-0.25, -0.2) is 0 Å². The third-order valence-corrected chi connectivity index (χ3v) is 4.16. The Balaban J connectivity index is 0.00000133. The van der Waals surface area contributed by atoms with Crippen LogP contribution in [0.3, 0.4) is 0 Å². The van der Waals surface area contributed by atoms with Crippen molar-refractivity contribution in [3.05, 3.63) is 0 Å². The molecule has 0 radical (unpaired) electrons. The second kappa shape index (κ2) is 6.88. The van der Waals surface area contributed by atoms with Gasteiger partial charge in [0.05, 0.1) is 19.3 Å². The number of hydrogen-bond acceptors (Lipinski definition) is 4. The molecule has 0 aromatic rings. The van der Waals surface area contributed by atoms with Crippen LogP contribution in [0.4, 0.5) is 0 Å². The Labute approximate surface area is 120 Å². The SMILES string of the molecule is Cl.O=C(C1CCCN1)N1CCCC(C2OCCO2)C1. The number of nitrogens with one attached hydrogen (secondary N) is 1. The van der Waals surface area contributed by atoms with Crippen LogP contribution in [0, 0.1) is 5.92 Å². The van der Waals surface area contributed by atoms with Crippen molar-refractivity contribution < 1.29 is 14.3 Å². The molecule has 3 saturated heterocycles. The molecule has 110 valence electrons. The van der Waals surface area contributed by atoms with Crippen LogP contribution in [0.2, 0.25) is 0 Å². The Kier molecular flexibility index (Phi) is 5.45. The first-order valence-corrected chi connectivity index (χ1v) is 7.10. The molecule has 0 bridgehead atoms. The molecule has 0 saturated carbocycles. The Hall–Kier alpha value is -0.360. The van der Waals surface area contributed by atoms with Crippen molar-refractivity contribution in [1.82, 2.24) is 10.2 Å². The fraction of sp³-hybridized carbons (Fsp3) is 0.923. The molecule has 0 aromatic heterocycles. The average Bonchev–Trinajstić information content (AvgIpc) is 3.11. The van der Waals surface area contributed by atoms with Crippen LogP contribution < -0.4 is 5.32 Å². The molecule has 5 nitrogen and oxygen atoms in total. The lowest BCUT2D eigenvalue weighted by atomic mass is 9.96. The molecule has 19 heavy (non-hydrogen) atoms. The number of piperidine rings is 1. The highest BCUT2D eigenvalue weighted by Crippen LogP contribution is 2.25. The van der Waals surface area contributed by atoms with Crippen molar-refractivity contribution in [3.63, 3.8) is 0 Å². The third-order valence-electron chi connectivity index (χ3n) is 4.16. The van der Waals surface area contributed by atoms with Gasteiger partial charge in [-0.1, -0.05) is 0 Å². The van der Waals surface area contributed by atoms with E-state index in [4.69, 9.17) is 9.47 Å². The maximum atomic E-state index is 12.3. The van der Waals surface area contributed by atoms with Gasteiger partial charge < -0.3 is 19.7 Å². The van der Waals surface area contributed by atoms with E-state index in [2.05, 4.69) is 5.32 Å². The molecular formula is C13H23ClN2O3. The lowest BCUT2D eigenvalue weighted by Gasteiger charge is -2.36. The second-order valence-corrected chi connectivity index (χ2v) is 5.45. The summed E-state index contributed by atoms with van der Waals surface area (Å²) in [7, 11) is 0. The number of amides is 1. The zero-order valence-electron chi connectivity index (χ0n) is 11.2. The van der Waals surface area contributed by atoms with Crippen molar-refractivity contribution in [1.29, 1.82) is 0 Å². The minimum atomic E-state index is -0.0860. The van der Waals surface area contributed by atoms with Crippen LogP contribution in [0.15, 0.2) is 0 Å². The van der Waals surface area contributed by atoms with E-state index in [9.17, 15) is 4.79 Å². The topological polar surface area (TPSA) is 50.8 Å². The summed E-state index contributed by atoms with van der Waals surface area (Å²) in [6, 6.07) is 0.0502. The van der Waals surface area contributed by atoms with Gasteiger partial charge in [0.2, 0.25) is 5.91 Å². The van der Waals surface area contributed by atoms with Crippen molar-refractivity contribution in [3.8, 4) is 0 Å². The van der Waals surface area contributed by atoms with Crippen LogP contribution in [0.1, 0.15) is 25.7 Å². The van der Waals surface area contributed by atoms with Gasteiger partial charge in [-0.3, -0.25) is 4.79 Å². The van der Waals surface area contributed by atoms with Gasteiger partial charge in [-0.15, -0.1) is 12.4 Å². The standard InChI is InChI=1S/C13H22N2O3.ClH/c16-12(11-4-1-5-14-11)15-6-2-3-10(9-15)13-17-7-8-18-13;/h10-11,13-14H,1-9H2;1H. The predicted molar refractivity (Wildman–Crippen MR) is 73.3 cm³/mol. The highest BCUT2D eigenvalue weighted by molar-refractivity contribution is 5.85. The molecule has 2 unspecified atom stereocenters. The quantitative estimate of drug-likeness (QED) is 0.816. The summed E-state index contributed by atoms with van der Waals surface area (Å²) in [6.07, 6.45) is 4.18. The largest absolute Gasteiger partial charge is 0.350 e. The van der Waals surface area contributed by atoms with Crippen LogP contribution in [0.25, 0.3) is 0 Å². The number of halogens is 1. The average molecular weight is 291 g/mol. The van der Waals surface area contributed by atoms with Crippen molar-refractivity contribution >= 4 is 18.3 Å². The van der Waals surface area contributed by atoms with Gasteiger partial charge in [-0.2, -0.15) is 0 Å². The van der Waals surface area contributed by atoms with Crippen molar-refractivity contribution in [2.75, 3.05) is 32.8 Å². The molecule has 1 N–H and O–H groups in total. The van der Waals surface area contributed by atoms with E-state index in [-0.39, 0.29) is 30.6 Å². The van der Waals surface area contributed by atoms with E-state index in [1.54, 1.807) is 0 Å². The van der Waals surface area contributed by atoms with E-state index in [1.807, 2.05) is 4.90 Å². The minimum absolute atomic E-state index is 0. The summed E-state index contributed by atoms with van der Waals surface area (Å²) in [6.45, 7) is 4.04. The first kappa shape index (κ1) is 15.0. The number of hydrogen-bond donors (Lipinski definition) is 1. The van der Waals surface area contributed by atoms with E-state index in [0.29, 0.717) is 19.1 Å². The number of likely N-dealkylation sites (tertiary alicyclic amines) is 1. The summed E-state index contributed by atoms with van der Waals surface area (Å²) in [4.78, 5) is 14.3. The van der Waals surface area contributed by atoms with Crippen LogP contribution in [-0.2, 0) is 14.3 Å². The molecule has 3 aliphatic rings. The van der Waals surface area contributed by atoms with Gasteiger partial charge in [0.15, 0.2) is 6.29 Å². The number of rotatable bonds is 2.